The first-order valence-corrected chi connectivity index (χ1v) is 10.7. The monoisotopic (exact) mass is 406 g/mol. The zero-order valence-electron chi connectivity index (χ0n) is 15.4. The predicted octanol–water partition coefficient (Wildman–Crippen LogP) is 3.39. The summed E-state index contributed by atoms with van der Waals surface area (Å²) in [4.78, 5) is 12.5. The number of hydrogen-bond acceptors (Lipinski definition) is 5. The molecule has 2 rings (SSSR count). The molecule has 1 unspecified atom stereocenters. The van der Waals surface area contributed by atoms with Crippen molar-refractivity contribution in [3.63, 3.8) is 0 Å². The van der Waals surface area contributed by atoms with Gasteiger partial charge in [-0.05, 0) is 74.1 Å². The summed E-state index contributed by atoms with van der Waals surface area (Å²) in [7, 11) is -3.26. The lowest BCUT2D eigenvalue weighted by molar-refractivity contribution is 0.0977. The number of amides is 1. The molecule has 6 nitrogen and oxygen atoms in total. The molecule has 0 spiro atoms. The van der Waals surface area contributed by atoms with E-state index in [0.717, 1.165) is 12.7 Å². The van der Waals surface area contributed by atoms with Crippen LogP contribution in [0.25, 0.3) is 0 Å². The van der Waals surface area contributed by atoms with Crippen LogP contribution < -0.4 is 15.4 Å². The van der Waals surface area contributed by atoms with Crippen molar-refractivity contribution in [3.05, 3.63) is 54.1 Å². The number of benzene rings is 2. The van der Waals surface area contributed by atoms with Gasteiger partial charge in [0, 0.05) is 17.5 Å². The molecule has 2 N–H and O–H groups in total. The molecule has 2 aromatic rings. The van der Waals surface area contributed by atoms with Crippen LogP contribution in [0.5, 0.6) is 5.75 Å². The van der Waals surface area contributed by atoms with Crippen LogP contribution in [0.2, 0.25) is 0 Å². The van der Waals surface area contributed by atoms with Gasteiger partial charge < -0.3 is 10.1 Å². The molecule has 2 aromatic carbocycles. The summed E-state index contributed by atoms with van der Waals surface area (Å²) < 4.78 is 28.6. The topological polar surface area (TPSA) is 84.5 Å². The van der Waals surface area contributed by atoms with Gasteiger partial charge in [0.1, 0.15) is 5.75 Å². The van der Waals surface area contributed by atoms with Gasteiger partial charge >= 0.3 is 0 Å². The van der Waals surface area contributed by atoms with E-state index in [2.05, 4.69) is 10.6 Å². The highest BCUT2D eigenvalue weighted by atomic mass is 32.2. The van der Waals surface area contributed by atoms with Crippen LogP contribution in [0, 0.1) is 0 Å². The van der Waals surface area contributed by atoms with E-state index in [1.54, 1.807) is 36.4 Å². The normalized spacial score (nSPS) is 12.1. The molecule has 0 aliphatic heterocycles. The van der Waals surface area contributed by atoms with Gasteiger partial charge in [-0.2, -0.15) is 0 Å². The third kappa shape index (κ3) is 6.33. The summed E-state index contributed by atoms with van der Waals surface area (Å²) in [5.41, 5.74) is 1.02. The molecule has 27 heavy (non-hydrogen) atoms. The van der Waals surface area contributed by atoms with Crippen LogP contribution in [0.15, 0.2) is 53.4 Å². The standard InChI is InChI=1S/C19H22N2O4S2/c1-4-13(2)25-16-9-5-14(6-10-16)18(22)21-19(26)20-15-7-11-17(12-8-15)27(3,23)24/h5-13H,4H2,1-3H3,(H2,20,21,22,26). The summed E-state index contributed by atoms with van der Waals surface area (Å²) in [5, 5.41) is 5.55. The van der Waals surface area contributed by atoms with E-state index < -0.39 is 9.84 Å². The maximum Gasteiger partial charge on any atom is 0.257 e. The van der Waals surface area contributed by atoms with Crippen molar-refractivity contribution in [1.82, 2.24) is 5.32 Å². The van der Waals surface area contributed by atoms with Crippen LogP contribution in [0.3, 0.4) is 0 Å². The molecule has 144 valence electrons. The van der Waals surface area contributed by atoms with Crippen LogP contribution in [-0.2, 0) is 9.84 Å². The molecule has 0 aromatic heterocycles. The minimum absolute atomic E-state index is 0.107. The van der Waals surface area contributed by atoms with Gasteiger partial charge in [-0.25, -0.2) is 8.42 Å². The van der Waals surface area contributed by atoms with Gasteiger partial charge in [0.25, 0.3) is 5.91 Å². The van der Waals surface area contributed by atoms with E-state index in [-0.39, 0.29) is 22.0 Å². The zero-order chi connectivity index (χ0) is 20.0. The quantitative estimate of drug-likeness (QED) is 0.716. The second-order valence-corrected chi connectivity index (χ2v) is 8.49. The zero-order valence-corrected chi connectivity index (χ0v) is 17.0. The van der Waals surface area contributed by atoms with Crippen LogP contribution in [-0.4, -0.2) is 31.8 Å². The third-order valence-electron chi connectivity index (χ3n) is 3.80. The summed E-state index contributed by atoms with van der Waals surface area (Å²) >= 11 is 5.13. The third-order valence-corrected chi connectivity index (χ3v) is 5.13. The first kappa shape index (κ1) is 20.9. The lowest BCUT2D eigenvalue weighted by atomic mass is 10.2. The SMILES string of the molecule is CCC(C)Oc1ccc(C(=O)NC(=S)Nc2ccc(S(C)(=O)=O)cc2)cc1. The first-order chi connectivity index (χ1) is 12.7. The number of sulfone groups is 1. The number of carbonyl (C=O) groups excluding carboxylic acids is 1. The average molecular weight is 407 g/mol. The molecule has 0 saturated carbocycles. The number of rotatable bonds is 6. The van der Waals surface area contributed by atoms with Crippen LogP contribution in [0.1, 0.15) is 30.6 Å². The summed E-state index contributed by atoms with van der Waals surface area (Å²) in [6.45, 7) is 4.02. The Morgan fingerprint density at radius 2 is 1.70 bits per heavy atom. The Morgan fingerprint density at radius 3 is 2.22 bits per heavy atom. The van der Waals surface area contributed by atoms with Gasteiger partial charge in [0.15, 0.2) is 14.9 Å². The second-order valence-electron chi connectivity index (χ2n) is 6.07. The maximum absolute atomic E-state index is 12.3. The van der Waals surface area contributed by atoms with E-state index in [1.807, 2.05) is 13.8 Å². The molecule has 0 radical (unpaired) electrons. The van der Waals surface area contributed by atoms with Crippen molar-refractivity contribution in [1.29, 1.82) is 0 Å². The summed E-state index contributed by atoms with van der Waals surface area (Å²) in [5.74, 6) is 0.350. The van der Waals surface area contributed by atoms with Crippen molar-refractivity contribution < 1.29 is 17.9 Å². The second kappa shape index (κ2) is 8.96. The first-order valence-electron chi connectivity index (χ1n) is 8.38. The van der Waals surface area contributed by atoms with E-state index in [4.69, 9.17) is 17.0 Å². The fourth-order valence-corrected chi connectivity index (χ4v) is 2.96. The van der Waals surface area contributed by atoms with Crippen molar-refractivity contribution in [3.8, 4) is 5.75 Å². The van der Waals surface area contributed by atoms with Crippen molar-refractivity contribution in [2.24, 2.45) is 0 Å². The van der Waals surface area contributed by atoms with Gasteiger partial charge in [-0.3, -0.25) is 10.1 Å². The molecule has 1 atom stereocenters. The highest BCUT2D eigenvalue weighted by Gasteiger charge is 2.10. The van der Waals surface area contributed by atoms with E-state index >= 15 is 0 Å². The molecule has 0 aliphatic rings. The smallest absolute Gasteiger partial charge is 0.257 e. The predicted molar refractivity (Wildman–Crippen MR) is 110 cm³/mol. The fraction of sp³-hybridized carbons (Fsp3) is 0.263. The van der Waals surface area contributed by atoms with Crippen molar-refractivity contribution >= 4 is 38.8 Å². The Labute approximate surface area is 164 Å². The molecule has 8 heteroatoms. The molecule has 0 fully saturated rings. The molecular weight excluding hydrogens is 384 g/mol. The Hall–Kier alpha value is -2.45. The highest BCUT2D eigenvalue weighted by molar-refractivity contribution is 7.90. The summed E-state index contributed by atoms with van der Waals surface area (Å²) in [6, 6.07) is 12.9. The minimum Gasteiger partial charge on any atom is -0.491 e. The minimum atomic E-state index is -3.26. The number of thiocarbonyl (C=S) groups is 1. The molecule has 0 bridgehead atoms. The lowest BCUT2D eigenvalue weighted by Gasteiger charge is -2.13. The van der Waals surface area contributed by atoms with Crippen molar-refractivity contribution in [2.75, 3.05) is 11.6 Å². The number of carbonyl (C=O) groups is 1. The number of anilines is 1. The van der Waals surface area contributed by atoms with Gasteiger partial charge in [0.05, 0.1) is 11.0 Å². The number of hydrogen-bond donors (Lipinski definition) is 2. The highest BCUT2D eigenvalue weighted by Crippen LogP contribution is 2.16. The Bertz CT molecular complexity index is 908. The number of ether oxygens (including phenoxy) is 1. The van der Waals surface area contributed by atoms with E-state index in [0.29, 0.717) is 17.0 Å². The Balaban J connectivity index is 1.94. The molecular formula is C19H22N2O4S2. The largest absolute Gasteiger partial charge is 0.491 e. The van der Waals surface area contributed by atoms with E-state index in [1.165, 1.54) is 12.1 Å². The summed E-state index contributed by atoms with van der Waals surface area (Å²) in [6.07, 6.45) is 2.14. The lowest BCUT2D eigenvalue weighted by Crippen LogP contribution is -2.34. The number of nitrogens with one attached hydrogen (secondary N) is 2. The van der Waals surface area contributed by atoms with Gasteiger partial charge in [0.2, 0.25) is 0 Å². The van der Waals surface area contributed by atoms with Gasteiger partial charge in [-0.1, -0.05) is 6.92 Å². The van der Waals surface area contributed by atoms with E-state index in [9.17, 15) is 13.2 Å². The van der Waals surface area contributed by atoms with Crippen LogP contribution >= 0.6 is 12.2 Å². The Morgan fingerprint density at radius 1 is 1.11 bits per heavy atom. The average Bonchev–Trinajstić information content (AvgIpc) is 2.61. The van der Waals surface area contributed by atoms with Crippen molar-refractivity contribution in [2.45, 2.75) is 31.3 Å². The molecule has 0 aliphatic carbocycles. The van der Waals surface area contributed by atoms with Gasteiger partial charge in [-0.15, -0.1) is 0 Å². The van der Waals surface area contributed by atoms with Crippen LogP contribution in [0.4, 0.5) is 5.69 Å². The fourth-order valence-electron chi connectivity index (χ4n) is 2.12. The molecule has 1 amide bonds. The maximum atomic E-state index is 12.3. The molecule has 0 saturated heterocycles. The molecule has 0 heterocycles. The Kier molecular flexibility index (Phi) is 6.92.